The van der Waals surface area contributed by atoms with Crippen LogP contribution in [-0.4, -0.2) is 23.8 Å². The first-order valence-electron chi connectivity index (χ1n) is 4.66. The summed E-state index contributed by atoms with van der Waals surface area (Å²) >= 11 is 0. The van der Waals surface area contributed by atoms with E-state index in [0.717, 1.165) is 19.5 Å². The largest absolute Gasteiger partial charge is 0.212 e. The minimum atomic E-state index is -0.192. The summed E-state index contributed by atoms with van der Waals surface area (Å²) in [4.78, 5) is 10.4. The molecule has 0 rings (SSSR count). The minimum absolute atomic E-state index is 0.192. The second-order valence-electron chi connectivity index (χ2n) is 3.39. The van der Waals surface area contributed by atoms with Crippen LogP contribution in [0.4, 0.5) is 0 Å². The molecule has 0 aromatic rings. The molecule has 0 saturated carbocycles. The van der Waals surface area contributed by atoms with Gasteiger partial charge in [-0.25, -0.2) is 4.89 Å². The van der Waals surface area contributed by atoms with Gasteiger partial charge in [-0.3, -0.25) is 0 Å². The van der Waals surface area contributed by atoms with E-state index in [0.29, 0.717) is 0 Å². The van der Waals surface area contributed by atoms with Gasteiger partial charge in [0.2, 0.25) is 0 Å². The molecule has 0 heterocycles. The lowest BCUT2D eigenvalue weighted by atomic mass is 10.1. The molecule has 3 nitrogen and oxygen atoms in total. The van der Waals surface area contributed by atoms with Gasteiger partial charge >= 0.3 is 0 Å². The molecule has 0 atom stereocenters. The summed E-state index contributed by atoms with van der Waals surface area (Å²) < 4.78 is 0. The van der Waals surface area contributed by atoms with Crippen molar-refractivity contribution < 1.29 is 9.88 Å². The molecule has 0 aromatic heterocycles. The Morgan fingerprint density at radius 3 is 1.92 bits per heavy atom. The Hall–Kier alpha value is -0.120. The first-order valence-corrected chi connectivity index (χ1v) is 4.66. The van der Waals surface area contributed by atoms with Crippen LogP contribution in [0.1, 0.15) is 41.0 Å². The molecule has 12 heavy (non-hydrogen) atoms. The van der Waals surface area contributed by atoms with Crippen LogP contribution in [0.2, 0.25) is 0 Å². The molecule has 0 aromatic carbocycles. The number of hydroxylamine groups is 2. The standard InChI is InChI=1S/C9H21NO2/c1-6-9(4,5)11-12-10(7-2)8-3/h6-8H2,1-5H3. The van der Waals surface area contributed by atoms with Crippen molar-refractivity contribution in [2.75, 3.05) is 13.1 Å². The van der Waals surface area contributed by atoms with Gasteiger partial charge in [0.25, 0.3) is 0 Å². The third-order valence-electron chi connectivity index (χ3n) is 1.93. The average molecular weight is 175 g/mol. The topological polar surface area (TPSA) is 21.7 Å². The lowest BCUT2D eigenvalue weighted by Crippen LogP contribution is -2.31. The minimum Gasteiger partial charge on any atom is -0.212 e. The summed E-state index contributed by atoms with van der Waals surface area (Å²) in [6.45, 7) is 11.8. The zero-order valence-electron chi connectivity index (χ0n) is 8.89. The highest BCUT2D eigenvalue weighted by Gasteiger charge is 2.18. The maximum absolute atomic E-state index is 5.25. The molecule has 0 radical (unpaired) electrons. The molecule has 0 aliphatic rings. The van der Waals surface area contributed by atoms with Gasteiger partial charge in [0.15, 0.2) is 0 Å². The zero-order chi connectivity index (χ0) is 9.61. The van der Waals surface area contributed by atoms with Gasteiger partial charge < -0.3 is 0 Å². The Labute approximate surface area is 75.5 Å². The van der Waals surface area contributed by atoms with E-state index in [4.69, 9.17) is 9.88 Å². The molecule has 0 N–H and O–H groups in total. The molecule has 0 amide bonds. The number of nitrogens with zero attached hydrogens (tertiary/aromatic N) is 1. The van der Waals surface area contributed by atoms with E-state index in [1.165, 1.54) is 0 Å². The van der Waals surface area contributed by atoms with Crippen molar-refractivity contribution in [3.05, 3.63) is 0 Å². The van der Waals surface area contributed by atoms with E-state index in [9.17, 15) is 0 Å². The monoisotopic (exact) mass is 175 g/mol. The molecule has 0 unspecified atom stereocenters. The van der Waals surface area contributed by atoms with Crippen molar-refractivity contribution in [1.29, 1.82) is 0 Å². The van der Waals surface area contributed by atoms with Crippen LogP contribution >= 0.6 is 0 Å². The molecule has 74 valence electrons. The second-order valence-corrected chi connectivity index (χ2v) is 3.39. The summed E-state index contributed by atoms with van der Waals surface area (Å²) in [5.41, 5.74) is -0.192. The first kappa shape index (κ1) is 11.9. The quantitative estimate of drug-likeness (QED) is 0.457. The van der Waals surface area contributed by atoms with E-state index < -0.39 is 0 Å². The van der Waals surface area contributed by atoms with Crippen LogP contribution in [0.15, 0.2) is 0 Å². The maximum Gasteiger partial charge on any atom is 0.0997 e. The van der Waals surface area contributed by atoms with Crippen LogP contribution < -0.4 is 0 Å². The Morgan fingerprint density at radius 1 is 1.08 bits per heavy atom. The zero-order valence-corrected chi connectivity index (χ0v) is 8.89. The van der Waals surface area contributed by atoms with Crippen LogP contribution in [0.25, 0.3) is 0 Å². The molecule has 0 fully saturated rings. The molecule has 0 aliphatic heterocycles. The van der Waals surface area contributed by atoms with Crippen molar-refractivity contribution in [2.24, 2.45) is 0 Å². The van der Waals surface area contributed by atoms with Crippen molar-refractivity contribution >= 4 is 0 Å². The van der Waals surface area contributed by atoms with Crippen molar-refractivity contribution in [2.45, 2.75) is 46.6 Å². The Morgan fingerprint density at radius 2 is 1.58 bits per heavy atom. The summed E-state index contributed by atoms with van der Waals surface area (Å²) in [6, 6.07) is 0. The fourth-order valence-corrected chi connectivity index (χ4v) is 0.542. The number of hydrogen-bond donors (Lipinski definition) is 0. The maximum atomic E-state index is 5.25. The van der Waals surface area contributed by atoms with Gasteiger partial charge in [-0.15, -0.1) is 4.99 Å². The van der Waals surface area contributed by atoms with Gasteiger partial charge in [-0.2, -0.15) is 5.06 Å². The Bertz CT molecular complexity index is 111. The highest BCUT2D eigenvalue weighted by atomic mass is 17.3. The predicted molar refractivity (Wildman–Crippen MR) is 49.5 cm³/mol. The molecular formula is C9H21NO2. The predicted octanol–water partition coefficient (Wildman–Crippen LogP) is 2.38. The summed E-state index contributed by atoms with van der Waals surface area (Å²) in [5, 5.41) is 1.78. The summed E-state index contributed by atoms with van der Waals surface area (Å²) in [5.74, 6) is 0. The summed E-state index contributed by atoms with van der Waals surface area (Å²) in [6.07, 6.45) is 0.939. The molecular weight excluding hydrogens is 154 g/mol. The third kappa shape index (κ3) is 4.70. The van der Waals surface area contributed by atoms with Crippen molar-refractivity contribution in [3.8, 4) is 0 Å². The van der Waals surface area contributed by atoms with E-state index in [1.54, 1.807) is 5.06 Å². The van der Waals surface area contributed by atoms with Gasteiger partial charge in [0, 0.05) is 13.1 Å². The Balaban J connectivity index is 3.65. The summed E-state index contributed by atoms with van der Waals surface area (Å²) in [7, 11) is 0. The van der Waals surface area contributed by atoms with Crippen LogP contribution in [0, 0.1) is 0 Å². The fourth-order valence-electron chi connectivity index (χ4n) is 0.542. The fraction of sp³-hybridized carbons (Fsp3) is 1.00. The molecule has 3 heteroatoms. The number of rotatable bonds is 6. The van der Waals surface area contributed by atoms with Gasteiger partial charge in [0.05, 0.1) is 5.60 Å². The van der Waals surface area contributed by atoms with Crippen LogP contribution in [-0.2, 0) is 9.88 Å². The molecule has 0 bridgehead atoms. The molecule has 0 spiro atoms. The van der Waals surface area contributed by atoms with E-state index in [1.807, 2.05) is 27.7 Å². The van der Waals surface area contributed by atoms with E-state index in [2.05, 4.69) is 6.92 Å². The van der Waals surface area contributed by atoms with Gasteiger partial charge in [-0.05, 0) is 34.1 Å². The molecule has 0 aliphatic carbocycles. The second kappa shape index (κ2) is 5.51. The average Bonchev–Trinajstić information content (AvgIpc) is 2.06. The van der Waals surface area contributed by atoms with E-state index in [-0.39, 0.29) is 5.60 Å². The van der Waals surface area contributed by atoms with Crippen molar-refractivity contribution in [3.63, 3.8) is 0 Å². The van der Waals surface area contributed by atoms with Crippen LogP contribution in [0.5, 0.6) is 0 Å². The normalized spacial score (nSPS) is 12.5. The SMILES string of the molecule is CCN(CC)OOC(C)(C)CC. The smallest absolute Gasteiger partial charge is 0.0997 e. The van der Waals surface area contributed by atoms with E-state index >= 15 is 0 Å². The van der Waals surface area contributed by atoms with Gasteiger partial charge in [-0.1, -0.05) is 6.92 Å². The van der Waals surface area contributed by atoms with Crippen molar-refractivity contribution in [1.82, 2.24) is 5.06 Å². The van der Waals surface area contributed by atoms with Gasteiger partial charge in [0.1, 0.15) is 0 Å². The lowest BCUT2D eigenvalue weighted by Gasteiger charge is -2.25. The first-order chi connectivity index (χ1) is 5.55. The molecule has 0 saturated heterocycles. The number of hydrogen-bond acceptors (Lipinski definition) is 3. The Kier molecular flexibility index (Phi) is 5.46. The van der Waals surface area contributed by atoms with Crippen LogP contribution in [0.3, 0.4) is 0 Å². The highest BCUT2D eigenvalue weighted by molar-refractivity contribution is 4.61. The lowest BCUT2D eigenvalue weighted by molar-refractivity contribution is -0.462. The highest BCUT2D eigenvalue weighted by Crippen LogP contribution is 2.14. The third-order valence-corrected chi connectivity index (χ3v) is 1.93.